The molecular formula is C34H40N6O4. The zero-order valence-corrected chi connectivity index (χ0v) is 25.4. The summed E-state index contributed by atoms with van der Waals surface area (Å²) < 4.78 is 6.07. The van der Waals surface area contributed by atoms with Crippen LogP contribution in [-0.2, 0) is 20.9 Å². The van der Waals surface area contributed by atoms with Crippen molar-refractivity contribution >= 4 is 29.6 Å². The molecule has 2 aromatic carbocycles. The number of hydrogen-bond donors (Lipinski definition) is 2. The van der Waals surface area contributed by atoms with Gasteiger partial charge in [-0.1, -0.05) is 24.8 Å². The van der Waals surface area contributed by atoms with E-state index in [1.54, 1.807) is 30.0 Å². The summed E-state index contributed by atoms with van der Waals surface area (Å²) in [4.78, 5) is 45.5. The number of rotatable bonds is 10. The van der Waals surface area contributed by atoms with Gasteiger partial charge in [-0.3, -0.25) is 24.3 Å². The summed E-state index contributed by atoms with van der Waals surface area (Å²) in [6.07, 6.45) is 6.01. The molecule has 0 aromatic heterocycles. The largest absolute Gasteiger partial charge is 0.490 e. The zero-order valence-electron chi connectivity index (χ0n) is 25.4. The highest BCUT2D eigenvalue weighted by molar-refractivity contribution is 6.12. The van der Waals surface area contributed by atoms with Gasteiger partial charge in [-0.2, -0.15) is 5.26 Å². The zero-order chi connectivity index (χ0) is 31.5. The maximum atomic E-state index is 13.1. The third-order valence-corrected chi connectivity index (χ3v) is 7.76. The minimum absolute atomic E-state index is 0.0190. The molecule has 0 bridgehead atoms. The number of carbonyl (C=O) groups excluding carboxylic acids is 3. The van der Waals surface area contributed by atoms with Crippen molar-refractivity contribution in [1.29, 1.82) is 5.26 Å². The quantitative estimate of drug-likeness (QED) is 0.313. The second kappa shape index (κ2) is 15.6. The van der Waals surface area contributed by atoms with E-state index in [1.165, 1.54) is 13.1 Å². The molecule has 2 saturated heterocycles. The van der Waals surface area contributed by atoms with Crippen LogP contribution in [0.3, 0.4) is 0 Å². The Bertz CT molecular complexity index is 1430. The fourth-order valence-electron chi connectivity index (χ4n) is 5.27. The van der Waals surface area contributed by atoms with E-state index in [0.29, 0.717) is 42.9 Å². The van der Waals surface area contributed by atoms with Crippen LogP contribution in [0, 0.1) is 11.3 Å². The fraction of sp³-hybridized carbons (Fsp3) is 0.382. The number of amides is 3. The van der Waals surface area contributed by atoms with E-state index in [1.807, 2.05) is 36.4 Å². The molecule has 0 atom stereocenters. The lowest BCUT2D eigenvalue weighted by Crippen LogP contribution is -2.44. The number of anilines is 1. The van der Waals surface area contributed by atoms with E-state index >= 15 is 0 Å². The number of nitrogens with one attached hydrogen (secondary N) is 2. The standard InChI is InChI=1S/C34H40N6O4/c1-4-32(34(43)40-19-15-31(16-20-40)44-30-11-9-28(10-12-30)37-25(3)41)36-22-24(2)33(42)38-29-13-17-39(18-14-29)23-27-7-5-26(21-35)6-8-27/h4-12,22,29,31H,2,13-20,23H2,1,3H3,(H,37,41)(H,38,42)/b32-4-,36-22?. The maximum Gasteiger partial charge on any atom is 0.272 e. The number of likely N-dealkylation sites (tertiary alicyclic amines) is 2. The van der Waals surface area contributed by atoms with E-state index < -0.39 is 0 Å². The molecule has 10 heteroatoms. The SMILES string of the molecule is C=C(C=N/C(=C\C)C(=O)N1CCC(Oc2ccc(NC(C)=O)cc2)CC1)C(=O)NC1CCN(Cc2ccc(C#N)cc2)CC1. The highest BCUT2D eigenvalue weighted by Gasteiger charge is 2.26. The normalized spacial score (nSPS) is 16.8. The smallest absolute Gasteiger partial charge is 0.272 e. The lowest BCUT2D eigenvalue weighted by atomic mass is 10.0. The summed E-state index contributed by atoms with van der Waals surface area (Å²) in [5, 5.41) is 14.7. The minimum atomic E-state index is -0.287. The molecule has 230 valence electrons. The molecule has 0 unspecified atom stereocenters. The highest BCUT2D eigenvalue weighted by Crippen LogP contribution is 2.22. The molecule has 2 aliphatic rings. The lowest BCUT2D eigenvalue weighted by Gasteiger charge is -2.32. The average molecular weight is 597 g/mol. The number of nitrogens with zero attached hydrogens (tertiary/aromatic N) is 4. The summed E-state index contributed by atoms with van der Waals surface area (Å²) in [7, 11) is 0. The van der Waals surface area contributed by atoms with Crippen molar-refractivity contribution in [2.45, 2.75) is 58.2 Å². The summed E-state index contributed by atoms with van der Waals surface area (Å²) in [5.74, 6) is 0.112. The van der Waals surface area contributed by atoms with Crippen molar-refractivity contribution in [3.05, 3.63) is 83.6 Å². The van der Waals surface area contributed by atoms with Crippen LogP contribution in [0.15, 0.2) is 77.4 Å². The molecule has 2 fully saturated rings. The maximum absolute atomic E-state index is 13.1. The Balaban J connectivity index is 1.18. The van der Waals surface area contributed by atoms with Crippen LogP contribution in [0.1, 0.15) is 50.7 Å². The number of nitriles is 1. The number of piperidine rings is 2. The van der Waals surface area contributed by atoms with Gasteiger partial charge in [0.15, 0.2) is 0 Å². The molecule has 2 N–H and O–H groups in total. The van der Waals surface area contributed by atoms with Gasteiger partial charge in [0.2, 0.25) is 5.91 Å². The number of allylic oxidation sites excluding steroid dienone is 1. The van der Waals surface area contributed by atoms with Gasteiger partial charge in [-0.15, -0.1) is 0 Å². The molecule has 4 rings (SSSR count). The lowest BCUT2D eigenvalue weighted by molar-refractivity contribution is -0.129. The predicted octanol–water partition coefficient (Wildman–Crippen LogP) is 4.20. The summed E-state index contributed by atoms with van der Waals surface area (Å²) in [5.41, 5.74) is 2.99. The van der Waals surface area contributed by atoms with Gasteiger partial charge in [0.05, 0.1) is 17.2 Å². The van der Waals surface area contributed by atoms with E-state index in [9.17, 15) is 14.4 Å². The molecule has 0 aliphatic carbocycles. The molecule has 3 amide bonds. The first-order valence-corrected chi connectivity index (χ1v) is 15.0. The molecule has 0 spiro atoms. The molecule has 0 saturated carbocycles. The Kier molecular flexibility index (Phi) is 11.4. The van der Waals surface area contributed by atoms with Crippen molar-refractivity contribution in [2.75, 3.05) is 31.5 Å². The third-order valence-electron chi connectivity index (χ3n) is 7.76. The van der Waals surface area contributed by atoms with Crippen molar-refractivity contribution in [3.63, 3.8) is 0 Å². The van der Waals surface area contributed by atoms with Crippen LogP contribution >= 0.6 is 0 Å². The fourth-order valence-corrected chi connectivity index (χ4v) is 5.27. The first kappa shape index (κ1) is 32.2. The van der Waals surface area contributed by atoms with Gasteiger partial charge < -0.3 is 20.3 Å². The first-order chi connectivity index (χ1) is 21.2. The van der Waals surface area contributed by atoms with Crippen LogP contribution in [0.4, 0.5) is 5.69 Å². The van der Waals surface area contributed by atoms with Crippen LogP contribution in [0.5, 0.6) is 5.75 Å². The number of hydrogen-bond acceptors (Lipinski definition) is 7. The Morgan fingerprint density at radius 2 is 1.68 bits per heavy atom. The Morgan fingerprint density at radius 3 is 2.27 bits per heavy atom. The number of aliphatic imine (C=N–C) groups is 1. The number of ether oxygens (including phenoxy) is 1. The summed E-state index contributed by atoms with van der Waals surface area (Å²) in [6, 6.07) is 17.0. The van der Waals surface area contributed by atoms with E-state index in [0.717, 1.165) is 38.0 Å². The first-order valence-electron chi connectivity index (χ1n) is 15.0. The Labute approximate surface area is 259 Å². The topological polar surface area (TPSA) is 127 Å². The van der Waals surface area contributed by atoms with Crippen molar-refractivity contribution in [2.24, 2.45) is 4.99 Å². The molecule has 2 aromatic rings. The molecule has 2 heterocycles. The molecule has 0 radical (unpaired) electrons. The van der Waals surface area contributed by atoms with Gasteiger partial charge in [0, 0.05) is 70.4 Å². The summed E-state index contributed by atoms with van der Waals surface area (Å²) >= 11 is 0. The molecule has 44 heavy (non-hydrogen) atoms. The number of benzene rings is 2. The third kappa shape index (κ3) is 9.38. The second-order valence-corrected chi connectivity index (χ2v) is 11.1. The van der Waals surface area contributed by atoms with Crippen molar-refractivity contribution in [3.8, 4) is 11.8 Å². The van der Waals surface area contributed by atoms with Gasteiger partial charge in [-0.25, -0.2) is 0 Å². The van der Waals surface area contributed by atoms with E-state index in [2.05, 4.69) is 33.2 Å². The minimum Gasteiger partial charge on any atom is -0.490 e. The van der Waals surface area contributed by atoms with Crippen LogP contribution < -0.4 is 15.4 Å². The van der Waals surface area contributed by atoms with Crippen LogP contribution in [0.2, 0.25) is 0 Å². The average Bonchev–Trinajstić information content (AvgIpc) is 3.03. The molecule has 2 aliphatic heterocycles. The Morgan fingerprint density at radius 1 is 1.02 bits per heavy atom. The van der Waals surface area contributed by atoms with Crippen LogP contribution in [0.25, 0.3) is 0 Å². The van der Waals surface area contributed by atoms with Gasteiger partial charge in [0.1, 0.15) is 17.6 Å². The summed E-state index contributed by atoms with van der Waals surface area (Å²) in [6.45, 7) is 10.7. The van der Waals surface area contributed by atoms with Crippen molar-refractivity contribution < 1.29 is 19.1 Å². The van der Waals surface area contributed by atoms with Gasteiger partial charge >= 0.3 is 0 Å². The highest BCUT2D eigenvalue weighted by atomic mass is 16.5. The predicted molar refractivity (Wildman–Crippen MR) is 170 cm³/mol. The molecular weight excluding hydrogens is 556 g/mol. The second-order valence-electron chi connectivity index (χ2n) is 11.1. The van der Waals surface area contributed by atoms with Gasteiger partial charge in [0.25, 0.3) is 11.8 Å². The van der Waals surface area contributed by atoms with Gasteiger partial charge in [-0.05, 0) is 61.7 Å². The van der Waals surface area contributed by atoms with Crippen LogP contribution in [-0.4, -0.2) is 72.1 Å². The molecule has 10 nitrogen and oxygen atoms in total. The van der Waals surface area contributed by atoms with Crippen molar-refractivity contribution in [1.82, 2.24) is 15.1 Å². The van der Waals surface area contributed by atoms with E-state index in [-0.39, 0.29) is 41.1 Å². The van der Waals surface area contributed by atoms with E-state index in [4.69, 9.17) is 10.00 Å². The number of carbonyl (C=O) groups is 3. The monoisotopic (exact) mass is 596 g/mol. The Hall–Kier alpha value is -4.75.